The van der Waals surface area contributed by atoms with Crippen LogP contribution in [0, 0.1) is 11.7 Å². The first kappa shape index (κ1) is 16.0. The molecule has 2 nitrogen and oxygen atoms in total. The first-order valence-corrected chi connectivity index (χ1v) is 8.71. The number of rotatable bonds is 3. The van der Waals surface area contributed by atoms with E-state index in [0.717, 1.165) is 31.0 Å². The van der Waals surface area contributed by atoms with E-state index < -0.39 is 5.82 Å². The summed E-state index contributed by atoms with van der Waals surface area (Å²) in [6, 6.07) is 4.17. The second kappa shape index (κ2) is 6.56. The fraction of sp³-hybridized carbons (Fsp3) is 0.533. The topological polar surface area (TPSA) is 29.1 Å². The van der Waals surface area contributed by atoms with E-state index >= 15 is 0 Å². The third-order valence-corrected chi connectivity index (χ3v) is 5.80. The summed E-state index contributed by atoms with van der Waals surface area (Å²) in [5.74, 6) is 0.0915. The van der Waals surface area contributed by atoms with Crippen LogP contribution in [-0.4, -0.2) is 16.8 Å². The van der Waals surface area contributed by atoms with Crippen LogP contribution in [-0.2, 0) is 0 Å². The molecule has 0 heterocycles. The maximum Gasteiger partial charge on any atom is 0.252 e. The smallest absolute Gasteiger partial charge is 0.252 e. The monoisotopic (exact) mass is 405 g/mol. The van der Waals surface area contributed by atoms with Gasteiger partial charge in [-0.05, 0) is 65.7 Å². The molecule has 1 aromatic rings. The van der Waals surface area contributed by atoms with Crippen LogP contribution in [0.15, 0.2) is 22.7 Å². The van der Waals surface area contributed by atoms with E-state index in [-0.39, 0.29) is 11.4 Å². The molecule has 0 saturated heterocycles. The number of hydrogen-bond acceptors (Lipinski definition) is 1. The third-order valence-electron chi connectivity index (χ3n) is 4.04. The van der Waals surface area contributed by atoms with Crippen molar-refractivity contribution in [3.8, 4) is 0 Å². The van der Waals surface area contributed by atoms with Gasteiger partial charge in [0.2, 0.25) is 0 Å². The van der Waals surface area contributed by atoms with Crippen molar-refractivity contribution in [2.75, 3.05) is 5.33 Å². The van der Waals surface area contributed by atoms with Crippen LogP contribution in [0.1, 0.15) is 43.0 Å². The van der Waals surface area contributed by atoms with E-state index in [1.54, 1.807) is 6.07 Å². The van der Waals surface area contributed by atoms with E-state index in [4.69, 9.17) is 0 Å². The summed E-state index contributed by atoms with van der Waals surface area (Å²) in [5.41, 5.74) is 0.138. The molecule has 1 saturated carbocycles. The maximum absolute atomic E-state index is 13.3. The first-order valence-electron chi connectivity index (χ1n) is 6.79. The first-order chi connectivity index (χ1) is 9.46. The molecule has 0 aliphatic heterocycles. The van der Waals surface area contributed by atoms with Crippen LogP contribution in [0.4, 0.5) is 4.39 Å². The van der Waals surface area contributed by atoms with Crippen molar-refractivity contribution in [2.24, 2.45) is 5.92 Å². The lowest BCUT2D eigenvalue weighted by atomic mass is 9.78. The van der Waals surface area contributed by atoms with Gasteiger partial charge in [-0.15, -0.1) is 0 Å². The quantitative estimate of drug-likeness (QED) is 0.726. The van der Waals surface area contributed by atoms with Crippen LogP contribution in [0.25, 0.3) is 0 Å². The lowest BCUT2D eigenvalue weighted by Crippen LogP contribution is -2.52. The average molecular weight is 407 g/mol. The van der Waals surface area contributed by atoms with Gasteiger partial charge in [0.05, 0.1) is 11.1 Å². The van der Waals surface area contributed by atoms with E-state index in [1.807, 2.05) is 0 Å². The third kappa shape index (κ3) is 3.61. The van der Waals surface area contributed by atoms with E-state index in [9.17, 15) is 9.18 Å². The second-order valence-electron chi connectivity index (χ2n) is 5.67. The SMILES string of the molecule is CC1CCC(CBr)(NC(=O)c2cc(F)ccc2Br)CC1. The van der Waals surface area contributed by atoms with Gasteiger partial charge in [0.25, 0.3) is 5.91 Å². The molecule has 20 heavy (non-hydrogen) atoms. The van der Waals surface area contributed by atoms with Gasteiger partial charge in [-0.2, -0.15) is 0 Å². The molecule has 0 atom stereocenters. The molecule has 1 aliphatic rings. The van der Waals surface area contributed by atoms with Crippen LogP contribution in [0.5, 0.6) is 0 Å². The van der Waals surface area contributed by atoms with Crippen LogP contribution < -0.4 is 5.32 Å². The average Bonchev–Trinajstić information content (AvgIpc) is 2.44. The molecular weight excluding hydrogens is 389 g/mol. The summed E-state index contributed by atoms with van der Waals surface area (Å²) in [5, 5.41) is 3.83. The molecule has 0 unspecified atom stereocenters. The minimum Gasteiger partial charge on any atom is -0.346 e. The second-order valence-corrected chi connectivity index (χ2v) is 7.09. The summed E-state index contributed by atoms with van der Waals surface area (Å²) in [6.45, 7) is 2.24. The van der Waals surface area contributed by atoms with Crippen molar-refractivity contribution >= 4 is 37.8 Å². The van der Waals surface area contributed by atoms with Crippen molar-refractivity contribution in [2.45, 2.75) is 38.1 Å². The highest BCUT2D eigenvalue weighted by Crippen LogP contribution is 2.33. The Bertz CT molecular complexity index is 499. The van der Waals surface area contributed by atoms with Crippen LogP contribution in [0.3, 0.4) is 0 Å². The number of alkyl halides is 1. The Kier molecular flexibility index (Phi) is 5.24. The fourth-order valence-electron chi connectivity index (χ4n) is 2.59. The van der Waals surface area contributed by atoms with E-state index in [2.05, 4.69) is 44.1 Å². The largest absolute Gasteiger partial charge is 0.346 e. The van der Waals surface area contributed by atoms with Gasteiger partial charge in [-0.25, -0.2) is 4.39 Å². The number of hydrogen-bond donors (Lipinski definition) is 1. The van der Waals surface area contributed by atoms with Gasteiger partial charge in [-0.1, -0.05) is 22.9 Å². The summed E-state index contributed by atoms with van der Waals surface area (Å²) < 4.78 is 13.9. The molecule has 1 amide bonds. The number of carbonyl (C=O) groups is 1. The number of halogens is 3. The Morgan fingerprint density at radius 1 is 1.45 bits per heavy atom. The molecule has 0 aromatic heterocycles. The fourth-order valence-corrected chi connectivity index (χ4v) is 3.71. The van der Waals surface area contributed by atoms with E-state index in [0.29, 0.717) is 16.0 Å². The Balaban J connectivity index is 2.15. The zero-order valence-electron chi connectivity index (χ0n) is 11.4. The summed E-state index contributed by atoms with van der Waals surface area (Å²) in [6.07, 6.45) is 4.13. The molecule has 0 radical (unpaired) electrons. The summed E-state index contributed by atoms with van der Waals surface area (Å²) >= 11 is 6.83. The molecule has 5 heteroatoms. The van der Waals surface area contributed by atoms with Gasteiger partial charge in [0.1, 0.15) is 5.82 Å². The minimum absolute atomic E-state index is 0.213. The van der Waals surface area contributed by atoms with Gasteiger partial charge in [0, 0.05) is 9.80 Å². The molecule has 0 bridgehead atoms. The lowest BCUT2D eigenvalue weighted by Gasteiger charge is -2.39. The Morgan fingerprint density at radius 2 is 2.10 bits per heavy atom. The van der Waals surface area contributed by atoms with Crippen LogP contribution in [0.2, 0.25) is 0 Å². The number of amides is 1. The van der Waals surface area contributed by atoms with Gasteiger partial charge in [-0.3, -0.25) is 4.79 Å². The predicted octanol–water partition coefficient (Wildman–Crippen LogP) is 4.66. The van der Waals surface area contributed by atoms with Crippen LogP contribution >= 0.6 is 31.9 Å². The summed E-state index contributed by atoms with van der Waals surface area (Å²) in [7, 11) is 0. The van der Waals surface area contributed by atoms with Crippen molar-refractivity contribution in [1.82, 2.24) is 5.32 Å². The Hall–Kier alpha value is -0.420. The highest BCUT2D eigenvalue weighted by atomic mass is 79.9. The number of nitrogens with one attached hydrogen (secondary N) is 1. The van der Waals surface area contributed by atoms with Crippen molar-refractivity contribution in [1.29, 1.82) is 0 Å². The summed E-state index contributed by atoms with van der Waals surface area (Å²) in [4.78, 5) is 12.4. The highest BCUT2D eigenvalue weighted by molar-refractivity contribution is 9.10. The van der Waals surface area contributed by atoms with Gasteiger partial charge in [0.15, 0.2) is 0 Å². The minimum atomic E-state index is -0.400. The lowest BCUT2D eigenvalue weighted by molar-refractivity contribution is 0.0873. The molecule has 1 fully saturated rings. The standard InChI is InChI=1S/C15H18Br2FNO/c1-10-4-6-15(9-16,7-5-10)19-14(20)12-8-11(18)2-3-13(12)17/h2-3,8,10H,4-7,9H2,1H3,(H,19,20). The molecule has 1 aliphatic carbocycles. The zero-order valence-corrected chi connectivity index (χ0v) is 14.6. The van der Waals surface area contributed by atoms with Crippen molar-refractivity contribution < 1.29 is 9.18 Å². The molecule has 1 N–H and O–H groups in total. The van der Waals surface area contributed by atoms with Gasteiger partial charge >= 0.3 is 0 Å². The zero-order chi connectivity index (χ0) is 14.8. The molecule has 1 aromatic carbocycles. The number of benzene rings is 1. The molecular formula is C15H18Br2FNO. The maximum atomic E-state index is 13.3. The normalized spacial score (nSPS) is 26.3. The number of carbonyl (C=O) groups excluding carboxylic acids is 1. The van der Waals surface area contributed by atoms with Gasteiger partial charge < -0.3 is 5.32 Å². The molecule has 2 rings (SSSR count). The Morgan fingerprint density at radius 3 is 2.70 bits per heavy atom. The van der Waals surface area contributed by atoms with Crippen molar-refractivity contribution in [3.63, 3.8) is 0 Å². The molecule has 0 spiro atoms. The predicted molar refractivity (Wildman–Crippen MR) is 85.7 cm³/mol. The Labute approximate surface area is 135 Å². The highest BCUT2D eigenvalue weighted by Gasteiger charge is 2.35. The molecule has 110 valence electrons. The van der Waals surface area contributed by atoms with E-state index in [1.165, 1.54) is 12.1 Å². The van der Waals surface area contributed by atoms with Crippen molar-refractivity contribution in [3.05, 3.63) is 34.1 Å².